The fraction of sp³-hybridized carbons (Fsp3) is 0.200. The Bertz CT molecular complexity index is 628. The lowest BCUT2D eigenvalue weighted by Gasteiger charge is -2.16. The molecule has 3 rings (SSSR count). The molecule has 0 heterocycles. The molecule has 0 saturated heterocycles. The van der Waals surface area contributed by atoms with Crippen LogP contribution in [-0.2, 0) is 6.42 Å². The molecular formula is C15H12BrF2N. The van der Waals surface area contributed by atoms with Crippen molar-refractivity contribution in [3.8, 4) is 0 Å². The van der Waals surface area contributed by atoms with Gasteiger partial charge >= 0.3 is 0 Å². The third kappa shape index (κ3) is 2.50. The van der Waals surface area contributed by atoms with Crippen LogP contribution in [0.4, 0.5) is 14.5 Å². The van der Waals surface area contributed by atoms with Crippen LogP contribution in [-0.4, -0.2) is 0 Å². The van der Waals surface area contributed by atoms with Crippen molar-refractivity contribution in [3.63, 3.8) is 0 Å². The largest absolute Gasteiger partial charge is 0.377 e. The molecule has 0 radical (unpaired) electrons. The number of hydrogen-bond donors (Lipinski definition) is 1. The van der Waals surface area contributed by atoms with Gasteiger partial charge in [-0.15, -0.1) is 0 Å². The Morgan fingerprint density at radius 2 is 1.79 bits per heavy atom. The van der Waals surface area contributed by atoms with E-state index in [9.17, 15) is 8.78 Å². The Labute approximate surface area is 118 Å². The van der Waals surface area contributed by atoms with Gasteiger partial charge in [-0.05, 0) is 70.2 Å². The van der Waals surface area contributed by atoms with Crippen molar-refractivity contribution in [1.29, 1.82) is 0 Å². The second-order valence-electron chi connectivity index (χ2n) is 4.70. The highest BCUT2D eigenvalue weighted by Crippen LogP contribution is 2.36. The van der Waals surface area contributed by atoms with Gasteiger partial charge in [0.25, 0.3) is 0 Å². The second kappa shape index (κ2) is 4.93. The Morgan fingerprint density at radius 3 is 2.58 bits per heavy atom. The van der Waals surface area contributed by atoms with Crippen LogP contribution in [0.1, 0.15) is 23.6 Å². The summed E-state index contributed by atoms with van der Waals surface area (Å²) in [5.41, 5.74) is 3.02. The molecule has 1 unspecified atom stereocenters. The highest BCUT2D eigenvalue weighted by atomic mass is 79.9. The van der Waals surface area contributed by atoms with E-state index in [-0.39, 0.29) is 17.7 Å². The fourth-order valence-corrected chi connectivity index (χ4v) is 3.00. The molecule has 0 aromatic heterocycles. The van der Waals surface area contributed by atoms with Crippen LogP contribution in [0.2, 0.25) is 0 Å². The van der Waals surface area contributed by atoms with E-state index in [0.29, 0.717) is 4.47 Å². The number of halogens is 3. The minimum absolute atomic E-state index is 0.150. The number of hydrogen-bond acceptors (Lipinski definition) is 1. The SMILES string of the molecule is Fc1ccc(NC2CCc3cc(F)ccc32)c(Br)c1. The summed E-state index contributed by atoms with van der Waals surface area (Å²) in [4.78, 5) is 0. The third-order valence-corrected chi connectivity index (χ3v) is 4.10. The molecule has 1 aliphatic rings. The maximum absolute atomic E-state index is 13.2. The first kappa shape index (κ1) is 12.6. The van der Waals surface area contributed by atoms with E-state index in [1.165, 1.54) is 18.2 Å². The fourth-order valence-electron chi connectivity index (χ4n) is 2.53. The molecule has 4 heteroatoms. The van der Waals surface area contributed by atoms with Crippen molar-refractivity contribution in [2.45, 2.75) is 18.9 Å². The van der Waals surface area contributed by atoms with E-state index < -0.39 is 0 Å². The van der Waals surface area contributed by atoms with Crippen LogP contribution in [0.5, 0.6) is 0 Å². The second-order valence-corrected chi connectivity index (χ2v) is 5.56. The summed E-state index contributed by atoms with van der Waals surface area (Å²) < 4.78 is 26.9. The molecule has 98 valence electrons. The van der Waals surface area contributed by atoms with Gasteiger partial charge in [0, 0.05) is 10.2 Å². The summed E-state index contributed by atoms with van der Waals surface area (Å²) in [7, 11) is 0. The lowest BCUT2D eigenvalue weighted by atomic mass is 10.1. The maximum atomic E-state index is 13.2. The summed E-state index contributed by atoms with van der Waals surface area (Å²) in [5, 5.41) is 3.38. The predicted molar refractivity (Wildman–Crippen MR) is 75.2 cm³/mol. The zero-order chi connectivity index (χ0) is 13.4. The number of benzene rings is 2. The van der Waals surface area contributed by atoms with Gasteiger partial charge < -0.3 is 5.32 Å². The van der Waals surface area contributed by atoms with Gasteiger partial charge in [0.05, 0.1) is 6.04 Å². The van der Waals surface area contributed by atoms with Crippen LogP contribution in [0.15, 0.2) is 40.9 Å². The average molecular weight is 324 g/mol. The minimum Gasteiger partial charge on any atom is -0.377 e. The van der Waals surface area contributed by atoms with Crippen LogP contribution >= 0.6 is 15.9 Å². The topological polar surface area (TPSA) is 12.0 Å². The maximum Gasteiger partial charge on any atom is 0.124 e. The summed E-state index contributed by atoms with van der Waals surface area (Å²) in [6.07, 6.45) is 1.78. The van der Waals surface area contributed by atoms with E-state index in [0.717, 1.165) is 29.7 Å². The van der Waals surface area contributed by atoms with E-state index in [1.54, 1.807) is 12.1 Å². The Morgan fingerprint density at radius 1 is 1.05 bits per heavy atom. The smallest absolute Gasteiger partial charge is 0.124 e. The molecule has 0 spiro atoms. The van der Waals surface area contributed by atoms with Crippen LogP contribution in [0.25, 0.3) is 0 Å². The van der Waals surface area contributed by atoms with Crippen molar-refractivity contribution in [2.24, 2.45) is 0 Å². The van der Waals surface area contributed by atoms with Crippen molar-refractivity contribution < 1.29 is 8.78 Å². The zero-order valence-corrected chi connectivity index (χ0v) is 11.7. The standard InChI is InChI=1S/C15H12BrF2N/c16-13-8-11(18)3-6-15(13)19-14-5-1-9-7-10(17)2-4-12(9)14/h2-4,6-8,14,19H,1,5H2. The van der Waals surface area contributed by atoms with Gasteiger partial charge in [0.15, 0.2) is 0 Å². The summed E-state index contributed by atoms with van der Waals surface area (Å²) in [6, 6.07) is 9.62. The normalized spacial score (nSPS) is 17.3. The summed E-state index contributed by atoms with van der Waals surface area (Å²) in [5.74, 6) is -0.464. The van der Waals surface area contributed by atoms with E-state index in [2.05, 4.69) is 21.2 Å². The molecule has 1 N–H and O–H groups in total. The van der Waals surface area contributed by atoms with Gasteiger partial charge in [-0.2, -0.15) is 0 Å². The van der Waals surface area contributed by atoms with Gasteiger partial charge in [0.1, 0.15) is 11.6 Å². The van der Waals surface area contributed by atoms with Crippen LogP contribution in [0.3, 0.4) is 0 Å². The van der Waals surface area contributed by atoms with E-state index >= 15 is 0 Å². The molecule has 1 aliphatic carbocycles. The molecule has 0 saturated carbocycles. The van der Waals surface area contributed by atoms with Crippen LogP contribution < -0.4 is 5.32 Å². The Hall–Kier alpha value is -1.42. The molecule has 0 amide bonds. The average Bonchev–Trinajstić information content (AvgIpc) is 2.75. The highest BCUT2D eigenvalue weighted by molar-refractivity contribution is 9.10. The lowest BCUT2D eigenvalue weighted by Crippen LogP contribution is -2.07. The van der Waals surface area contributed by atoms with Crippen molar-refractivity contribution in [2.75, 3.05) is 5.32 Å². The Balaban J connectivity index is 1.86. The third-order valence-electron chi connectivity index (χ3n) is 3.44. The molecule has 2 aromatic rings. The minimum atomic E-state index is -0.272. The first-order valence-electron chi connectivity index (χ1n) is 6.13. The monoisotopic (exact) mass is 323 g/mol. The van der Waals surface area contributed by atoms with Gasteiger partial charge in [-0.25, -0.2) is 8.78 Å². The van der Waals surface area contributed by atoms with E-state index in [1.807, 2.05) is 6.07 Å². The highest BCUT2D eigenvalue weighted by Gasteiger charge is 2.23. The lowest BCUT2D eigenvalue weighted by molar-refractivity contribution is 0.625. The van der Waals surface area contributed by atoms with Gasteiger partial charge in [-0.1, -0.05) is 6.07 Å². The molecule has 1 atom stereocenters. The van der Waals surface area contributed by atoms with Gasteiger partial charge in [0.2, 0.25) is 0 Å². The van der Waals surface area contributed by atoms with E-state index in [4.69, 9.17) is 0 Å². The summed E-state index contributed by atoms with van der Waals surface area (Å²) >= 11 is 3.34. The number of rotatable bonds is 2. The summed E-state index contributed by atoms with van der Waals surface area (Å²) in [6.45, 7) is 0. The van der Waals surface area contributed by atoms with Crippen LogP contribution in [0, 0.1) is 11.6 Å². The quantitative estimate of drug-likeness (QED) is 0.834. The molecule has 1 nitrogen and oxygen atoms in total. The number of anilines is 1. The Kier molecular flexibility index (Phi) is 3.27. The number of aryl methyl sites for hydroxylation is 1. The van der Waals surface area contributed by atoms with Crippen molar-refractivity contribution in [3.05, 3.63) is 63.6 Å². The molecule has 0 aliphatic heterocycles. The predicted octanol–water partition coefficient (Wildman–Crippen LogP) is 4.83. The number of nitrogens with one attached hydrogen (secondary N) is 1. The molecule has 0 fully saturated rings. The zero-order valence-electron chi connectivity index (χ0n) is 10.1. The molecule has 0 bridgehead atoms. The molecule has 19 heavy (non-hydrogen) atoms. The van der Waals surface area contributed by atoms with Crippen molar-refractivity contribution in [1.82, 2.24) is 0 Å². The molecule has 2 aromatic carbocycles. The van der Waals surface area contributed by atoms with Crippen molar-refractivity contribution >= 4 is 21.6 Å². The first-order valence-corrected chi connectivity index (χ1v) is 6.93. The number of fused-ring (bicyclic) bond motifs is 1. The molecular weight excluding hydrogens is 312 g/mol. The first-order chi connectivity index (χ1) is 9.13. The van der Waals surface area contributed by atoms with Gasteiger partial charge in [-0.3, -0.25) is 0 Å².